The molecular weight excluding hydrogens is 426 g/mol. The maximum atomic E-state index is 14.3. The summed E-state index contributed by atoms with van der Waals surface area (Å²) in [6.07, 6.45) is 0.283. The van der Waals surface area contributed by atoms with Gasteiger partial charge in [0.25, 0.3) is 5.91 Å². The molecule has 1 unspecified atom stereocenters. The third kappa shape index (κ3) is 4.13. The molecule has 1 heterocycles. The number of alkyl halides is 3. The second-order valence-corrected chi connectivity index (χ2v) is 7.03. The number of nitrogens with two attached hydrogens (primary N) is 1. The van der Waals surface area contributed by atoms with E-state index in [2.05, 4.69) is 21.6 Å². The number of amides is 1. The largest absolute Gasteiger partial charge is 0.435 e. The van der Waals surface area contributed by atoms with Crippen molar-refractivity contribution in [3.8, 4) is 17.6 Å². The molecule has 2 aromatic rings. The number of ether oxygens (including phenoxy) is 1. The molecule has 0 fully saturated rings. The van der Waals surface area contributed by atoms with E-state index in [0.29, 0.717) is 6.42 Å². The molecule has 0 saturated heterocycles. The molecule has 0 aromatic heterocycles. The first kappa shape index (κ1) is 23.1. The summed E-state index contributed by atoms with van der Waals surface area (Å²) in [5, 5.41) is 0. The Morgan fingerprint density at radius 3 is 2.50 bits per heavy atom. The summed E-state index contributed by atoms with van der Waals surface area (Å²) in [5.41, 5.74) is 4.95. The van der Waals surface area contributed by atoms with Crippen molar-refractivity contribution < 1.29 is 27.1 Å². The van der Waals surface area contributed by atoms with Gasteiger partial charge in [-0.25, -0.2) is 9.38 Å². The Morgan fingerprint density at radius 1 is 1.22 bits per heavy atom. The highest BCUT2D eigenvalue weighted by Crippen LogP contribution is 2.41. The lowest BCUT2D eigenvalue weighted by molar-refractivity contribution is -0.129. The molecule has 1 aliphatic heterocycles. The number of rotatable bonds is 6. The van der Waals surface area contributed by atoms with E-state index in [1.54, 1.807) is 0 Å². The van der Waals surface area contributed by atoms with E-state index in [1.807, 2.05) is 6.92 Å². The van der Waals surface area contributed by atoms with Crippen LogP contribution in [-0.2, 0) is 16.8 Å². The summed E-state index contributed by atoms with van der Waals surface area (Å²) < 4.78 is 57.4. The standard InChI is InChI=1S/C23H21F4N3O2/c1-3-4-5-14-12-16(6-8-18(14)25)23(20(31)30(2)22(28)29-23)17-7-9-19(32-21(26)27)15(13-17)10-11-24/h6-9,12-13,21H,3,10-11H2,1-2H3,(H2,28,29). The number of carbonyl (C=O) groups excluding carboxylic acids is 1. The number of aliphatic imine (C=N–C) groups is 1. The minimum absolute atomic E-state index is 0.0708. The zero-order valence-electron chi connectivity index (χ0n) is 17.5. The van der Waals surface area contributed by atoms with Crippen LogP contribution in [-0.4, -0.2) is 37.1 Å². The van der Waals surface area contributed by atoms with Gasteiger partial charge >= 0.3 is 6.61 Å². The summed E-state index contributed by atoms with van der Waals surface area (Å²) in [4.78, 5) is 18.9. The average molecular weight is 447 g/mol. The van der Waals surface area contributed by atoms with E-state index in [0.717, 1.165) is 4.90 Å². The van der Waals surface area contributed by atoms with Crippen LogP contribution in [0.4, 0.5) is 17.6 Å². The summed E-state index contributed by atoms with van der Waals surface area (Å²) in [6, 6.07) is 7.96. The molecule has 3 rings (SSSR count). The highest BCUT2D eigenvalue weighted by Gasteiger charge is 2.50. The van der Waals surface area contributed by atoms with Crippen LogP contribution in [0.2, 0.25) is 0 Å². The first-order valence-electron chi connectivity index (χ1n) is 9.81. The Bertz CT molecular complexity index is 1120. The zero-order valence-corrected chi connectivity index (χ0v) is 17.5. The molecule has 0 aliphatic carbocycles. The third-order valence-corrected chi connectivity index (χ3v) is 5.08. The lowest BCUT2D eigenvalue weighted by Gasteiger charge is -2.27. The third-order valence-electron chi connectivity index (χ3n) is 5.08. The van der Waals surface area contributed by atoms with Crippen LogP contribution in [0, 0.1) is 17.7 Å². The van der Waals surface area contributed by atoms with E-state index in [1.165, 1.54) is 43.4 Å². The summed E-state index contributed by atoms with van der Waals surface area (Å²) >= 11 is 0. The zero-order chi connectivity index (χ0) is 23.5. The van der Waals surface area contributed by atoms with E-state index in [4.69, 9.17) is 5.73 Å². The van der Waals surface area contributed by atoms with Gasteiger partial charge in [0.15, 0.2) is 11.5 Å². The van der Waals surface area contributed by atoms with E-state index in [9.17, 15) is 22.4 Å². The van der Waals surface area contributed by atoms with Crippen molar-refractivity contribution >= 4 is 11.9 Å². The van der Waals surface area contributed by atoms with Gasteiger partial charge in [-0.3, -0.25) is 14.1 Å². The van der Waals surface area contributed by atoms with Crippen molar-refractivity contribution in [2.24, 2.45) is 10.7 Å². The summed E-state index contributed by atoms with van der Waals surface area (Å²) in [6.45, 7) is -2.12. The van der Waals surface area contributed by atoms with Crippen molar-refractivity contribution in [3.05, 3.63) is 64.5 Å². The van der Waals surface area contributed by atoms with Gasteiger partial charge in [0, 0.05) is 19.9 Å². The van der Waals surface area contributed by atoms with Crippen LogP contribution in [0.25, 0.3) is 0 Å². The molecule has 5 nitrogen and oxygen atoms in total. The minimum atomic E-state index is -3.10. The Balaban J connectivity index is 2.26. The van der Waals surface area contributed by atoms with Crippen molar-refractivity contribution in [1.29, 1.82) is 0 Å². The number of aryl methyl sites for hydroxylation is 1. The van der Waals surface area contributed by atoms with Crippen molar-refractivity contribution in [2.75, 3.05) is 13.7 Å². The monoisotopic (exact) mass is 447 g/mol. The molecular formula is C23H21F4N3O2. The summed E-state index contributed by atoms with van der Waals surface area (Å²) in [5.74, 6) is 4.10. The van der Waals surface area contributed by atoms with Gasteiger partial charge in [-0.05, 0) is 41.0 Å². The smallest absolute Gasteiger partial charge is 0.387 e. The molecule has 0 spiro atoms. The van der Waals surface area contributed by atoms with Crippen LogP contribution < -0.4 is 10.5 Å². The van der Waals surface area contributed by atoms with Crippen molar-refractivity contribution in [3.63, 3.8) is 0 Å². The average Bonchev–Trinajstić information content (AvgIpc) is 2.99. The molecule has 2 aromatic carbocycles. The fourth-order valence-corrected chi connectivity index (χ4v) is 3.53. The fraction of sp³-hybridized carbons (Fsp3) is 0.304. The van der Waals surface area contributed by atoms with Crippen LogP contribution in [0.15, 0.2) is 41.4 Å². The van der Waals surface area contributed by atoms with Crippen molar-refractivity contribution in [1.82, 2.24) is 4.90 Å². The number of hydrogen-bond acceptors (Lipinski definition) is 4. The predicted octanol–water partition coefficient (Wildman–Crippen LogP) is 3.73. The highest BCUT2D eigenvalue weighted by atomic mass is 19.3. The van der Waals surface area contributed by atoms with Gasteiger partial charge in [-0.15, -0.1) is 0 Å². The molecule has 168 valence electrons. The molecule has 0 radical (unpaired) electrons. The second kappa shape index (κ2) is 9.30. The van der Waals surface area contributed by atoms with E-state index in [-0.39, 0.29) is 40.4 Å². The molecule has 1 amide bonds. The van der Waals surface area contributed by atoms with Crippen LogP contribution >= 0.6 is 0 Å². The van der Waals surface area contributed by atoms with Gasteiger partial charge < -0.3 is 10.5 Å². The fourth-order valence-electron chi connectivity index (χ4n) is 3.53. The lowest BCUT2D eigenvalue weighted by Crippen LogP contribution is -2.41. The Hall–Kier alpha value is -3.54. The van der Waals surface area contributed by atoms with Gasteiger partial charge in [-0.1, -0.05) is 30.9 Å². The number of nitrogens with zero attached hydrogens (tertiary/aromatic N) is 2. The van der Waals surface area contributed by atoms with E-state index >= 15 is 0 Å². The quantitative estimate of drug-likeness (QED) is 0.542. The predicted molar refractivity (Wildman–Crippen MR) is 111 cm³/mol. The van der Waals surface area contributed by atoms with Crippen molar-refractivity contribution in [2.45, 2.75) is 31.9 Å². The molecule has 32 heavy (non-hydrogen) atoms. The van der Waals surface area contributed by atoms with Gasteiger partial charge in [0.1, 0.15) is 11.6 Å². The minimum Gasteiger partial charge on any atom is -0.435 e. The van der Waals surface area contributed by atoms with Crippen LogP contribution in [0.1, 0.15) is 35.6 Å². The number of guanidine groups is 1. The molecule has 1 atom stereocenters. The molecule has 1 aliphatic rings. The maximum Gasteiger partial charge on any atom is 0.387 e. The SMILES string of the molecule is CCC#Cc1cc(C2(c3ccc(OC(F)F)c(CCF)c3)N=C(N)N(C)C2=O)ccc1F. The first-order chi connectivity index (χ1) is 15.2. The topological polar surface area (TPSA) is 67.9 Å². The molecule has 2 N–H and O–H groups in total. The highest BCUT2D eigenvalue weighted by molar-refractivity contribution is 6.09. The number of benzene rings is 2. The van der Waals surface area contributed by atoms with Gasteiger partial charge in [0.05, 0.1) is 12.2 Å². The van der Waals surface area contributed by atoms with Gasteiger partial charge in [-0.2, -0.15) is 8.78 Å². The number of hydrogen-bond donors (Lipinski definition) is 1. The Morgan fingerprint density at radius 2 is 1.91 bits per heavy atom. The maximum absolute atomic E-state index is 14.3. The first-order valence-corrected chi connectivity index (χ1v) is 9.81. The Kier molecular flexibility index (Phi) is 6.72. The number of halogens is 4. The number of likely N-dealkylation sites (N-methyl/N-ethyl adjacent to an activating group) is 1. The second-order valence-electron chi connectivity index (χ2n) is 7.03. The lowest BCUT2D eigenvalue weighted by atomic mass is 9.81. The normalized spacial score (nSPS) is 17.9. The summed E-state index contributed by atoms with van der Waals surface area (Å²) in [7, 11) is 1.43. The molecule has 0 bridgehead atoms. The molecule has 9 heteroatoms. The van der Waals surface area contributed by atoms with E-state index < -0.39 is 30.5 Å². The van der Waals surface area contributed by atoms with Crippen LogP contribution in [0.5, 0.6) is 5.75 Å². The Labute approximate surface area is 182 Å². The van der Waals surface area contributed by atoms with Crippen LogP contribution in [0.3, 0.4) is 0 Å². The number of carbonyl (C=O) groups is 1. The molecule has 0 saturated carbocycles. The van der Waals surface area contributed by atoms with Gasteiger partial charge in [0.2, 0.25) is 0 Å².